The highest BCUT2D eigenvalue weighted by Gasteiger charge is 2.19. The maximum Gasteiger partial charge on any atom is 0.306 e. The van der Waals surface area contributed by atoms with Crippen LogP contribution in [-0.4, -0.2) is 37.2 Å². The van der Waals surface area contributed by atoms with Gasteiger partial charge in [-0.3, -0.25) is 14.4 Å². The summed E-state index contributed by atoms with van der Waals surface area (Å²) in [6.45, 7) is 6.44. The van der Waals surface area contributed by atoms with Crippen molar-refractivity contribution in [3.05, 3.63) is 134 Å². The van der Waals surface area contributed by atoms with Crippen LogP contribution in [0.2, 0.25) is 0 Å². The lowest BCUT2D eigenvalue weighted by molar-refractivity contribution is -0.167. The number of ether oxygens (including phenoxy) is 3. The molecular formula is C71H116O6. The number of carbonyl (C=O) groups is 3. The third kappa shape index (κ3) is 62.3. The van der Waals surface area contributed by atoms with Crippen LogP contribution >= 0.6 is 0 Å². The van der Waals surface area contributed by atoms with Crippen molar-refractivity contribution in [2.75, 3.05) is 13.2 Å². The van der Waals surface area contributed by atoms with E-state index in [0.717, 1.165) is 135 Å². The van der Waals surface area contributed by atoms with Crippen molar-refractivity contribution < 1.29 is 28.6 Å². The summed E-state index contributed by atoms with van der Waals surface area (Å²) >= 11 is 0. The zero-order valence-corrected chi connectivity index (χ0v) is 49.9. The van der Waals surface area contributed by atoms with Crippen LogP contribution in [0.4, 0.5) is 0 Å². The molecule has 0 radical (unpaired) electrons. The van der Waals surface area contributed by atoms with E-state index in [4.69, 9.17) is 14.2 Å². The Morgan fingerprint density at radius 1 is 0.273 bits per heavy atom. The number of allylic oxidation sites excluding steroid dienone is 22. The summed E-state index contributed by atoms with van der Waals surface area (Å²) in [5, 5.41) is 0. The number of carbonyl (C=O) groups excluding carboxylic acids is 3. The van der Waals surface area contributed by atoms with Crippen molar-refractivity contribution in [3.63, 3.8) is 0 Å². The second kappa shape index (κ2) is 64.1. The summed E-state index contributed by atoms with van der Waals surface area (Å²) in [4.78, 5) is 37.9. The molecule has 0 amide bonds. The van der Waals surface area contributed by atoms with E-state index in [9.17, 15) is 14.4 Å². The molecule has 0 aliphatic heterocycles. The standard InChI is InChI=1S/C71H116O6/c1-4-7-10-13-16-18-20-22-24-26-28-29-30-31-32-33-34-35-36-37-38-39-40-41-42-43-44-46-47-49-51-53-55-58-61-64-70(73)76-67-68(66-75-69(72)63-60-57-15-12-9-6-3)77-71(74)65-62-59-56-54-52-50-48-45-27-25-23-21-19-17-14-11-8-5-2/h7,10,16,18,22,24-25,27-29,31-32,34-35,37-38,40-41,43-44,47,49,68H,4-6,8-9,11-15,17,19-21,23,26,30,33,36,39,42,45-46,48,50-67H2,1-3H3/b10-7-,18-16-,24-22-,27-25-,29-28-,32-31-,35-34-,38-37-,41-40-,44-43-,49-47-. The van der Waals surface area contributed by atoms with Crippen molar-refractivity contribution in [2.45, 2.75) is 284 Å². The molecule has 0 rings (SSSR count). The van der Waals surface area contributed by atoms with Crippen LogP contribution in [0.15, 0.2) is 134 Å². The number of rotatable bonds is 56. The average Bonchev–Trinajstić information content (AvgIpc) is 3.43. The largest absolute Gasteiger partial charge is 0.462 e. The number of esters is 3. The first-order valence-electron chi connectivity index (χ1n) is 31.7. The van der Waals surface area contributed by atoms with Gasteiger partial charge in [0.2, 0.25) is 0 Å². The Morgan fingerprint density at radius 2 is 0.506 bits per heavy atom. The van der Waals surface area contributed by atoms with Gasteiger partial charge in [0, 0.05) is 19.3 Å². The highest BCUT2D eigenvalue weighted by atomic mass is 16.6. The van der Waals surface area contributed by atoms with Gasteiger partial charge in [-0.2, -0.15) is 0 Å². The molecule has 0 aliphatic carbocycles. The zero-order valence-electron chi connectivity index (χ0n) is 49.9. The van der Waals surface area contributed by atoms with Crippen molar-refractivity contribution in [3.8, 4) is 0 Å². The Hall–Kier alpha value is -4.45. The minimum Gasteiger partial charge on any atom is -0.462 e. The minimum absolute atomic E-state index is 0.0898. The third-order valence-electron chi connectivity index (χ3n) is 13.1. The zero-order chi connectivity index (χ0) is 55.7. The molecule has 0 heterocycles. The molecule has 0 saturated heterocycles. The Bertz CT molecular complexity index is 1650. The first-order valence-corrected chi connectivity index (χ1v) is 31.7. The van der Waals surface area contributed by atoms with Gasteiger partial charge in [-0.15, -0.1) is 0 Å². The second-order valence-electron chi connectivity index (χ2n) is 20.6. The molecule has 1 atom stereocenters. The Kier molecular flexibility index (Phi) is 60.4. The molecule has 0 aromatic carbocycles. The molecule has 0 spiro atoms. The molecule has 0 saturated carbocycles. The van der Waals surface area contributed by atoms with Crippen LogP contribution in [0.25, 0.3) is 0 Å². The lowest BCUT2D eigenvalue weighted by Gasteiger charge is -2.18. The van der Waals surface area contributed by atoms with Crippen LogP contribution < -0.4 is 0 Å². The predicted octanol–water partition coefficient (Wildman–Crippen LogP) is 21.8. The molecule has 6 nitrogen and oxygen atoms in total. The lowest BCUT2D eigenvalue weighted by atomic mass is 10.1. The third-order valence-corrected chi connectivity index (χ3v) is 13.1. The fourth-order valence-electron chi connectivity index (χ4n) is 8.41. The highest BCUT2D eigenvalue weighted by Crippen LogP contribution is 2.14. The first-order chi connectivity index (χ1) is 38.0. The second-order valence-corrected chi connectivity index (χ2v) is 20.6. The topological polar surface area (TPSA) is 78.9 Å². The fourth-order valence-corrected chi connectivity index (χ4v) is 8.41. The highest BCUT2D eigenvalue weighted by molar-refractivity contribution is 5.71. The molecule has 0 N–H and O–H groups in total. The molecule has 0 aliphatic rings. The van der Waals surface area contributed by atoms with Gasteiger partial charge in [0.05, 0.1) is 0 Å². The summed E-state index contributed by atoms with van der Waals surface area (Å²) in [6.07, 6.45) is 90.6. The summed E-state index contributed by atoms with van der Waals surface area (Å²) in [6, 6.07) is 0. The smallest absolute Gasteiger partial charge is 0.306 e. The number of hydrogen-bond donors (Lipinski definition) is 0. The van der Waals surface area contributed by atoms with Crippen LogP contribution in [0, 0.1) is 0 Å². The van der Waals surface area contributed by atoms with Crippen molar-refractivity contribution >= 4 is 17.9 Å². The van der Waals surface area contributed by atoms with Gasteiger partial charge in [0.25, 0.3) is 0 Å². The van der Waals surface area contributed by atoms with Crippen molar-refractivity contribution in [1.82, 2.24) is 0 Å². The lowest BCUT2D eigenvalue weighted by Crippen LogP contribution is -2.30. The monoisotopic (exact) mass is 1060 g/mol. The van der Waals surface area contributed by atoms with Gasteiger partial charge in [-0.05, 0) is 122 Å². The van der Waals surface area contributed by atoms with E-state index >= 15 is 0 Å². The summed E-state index contributed by atoms with van der Waals surface area (Å²) in [5.74, 6) is -0.930. The van der Waals surface area contributed by atoms with Crippen LogP contribution in [-0.2, 0) is 28.6 Å². The normalized spacial score (nSPS) is 13.0. The van der Waals surface area contributed by atoms with Gasteiger partial charge < -0.3 is 14.2 Å². The number of hydrogen-bond acceptors (Lipinski definition) is 6. The SMILES string of the molecule is CC/C=C\C/C=C\C/C=C\C/C=C\C/C=C\C/C=C\C/C=C\C/C=C\C/C=C\C/C=C\CCCCCCC(=O)OCC(COC(=O)CCCCCCCC)OC(=O)CCCCCCCCC/C=C\CCCCCCCCC. The average molecular weight is 1070 g/mol. The molecule has 6 heteroatoms. The molecule has 0 fully saturated rings. The Morgan fingerprint density at radius 3 is 0.805 bits per heavy atom. The van der Waals surface area contributed by atoms with E-state index in [0.29, 0.717) is 19.3 Å². The summed E-state index contributed by atoms with van der Waals surface area (Å²) < 4.78 is 16.8. The molecule has 0 bridgehead atoms. The van der Waals surface area contributed by atoms with Crippen LogP contribution in [0.1, 0.15) is 278 Å². The molecule has 0 aromatic rings. The Labute approximate surface area is 475 Å². The Balaban J connectivity index is 4.17. The van der Waals surface area contributed by atoms with Gasteiger partial charge in [-0.25, -0.2) is 0 Å². The minimum atomic E-state index is -0.791. The van der Waals surface area contributed by atoms with E-state index in [1.807, 2.05) is 0 Å². The molecule has 77 heavy (non-hydrogen) atoms. The molecule has 0 aromatic heterocycles. The summed E-state index contributed by atoms with van der Waals surface area (Å²) in [5.41, 5.74) is 0. The first kappa shape index (κ1) is 72.5. The van der Waals surface area contributed by atoms with Crippen molar-refractivity contribution in [2.24, 2.45) is 0 Å². The van der Waals surface area contributed by atoms with E-state index in [2.05, 4.69) is 154 Å². The fraction of sp³-hybridized carbons (Fsp3) is 0.648. The maximum absolute atomic E-state index is 12.8. The molecular weight excluding hydrogens is 949 g/mol. The van der Waals surface area contributed by atoms with Gasteiger partial charge in [0.1, 0.15) is 13.2 Å². The quantitative estimate of drug-likeness (QED) is 0.0261. The van der Waals surface area contributed by atoms with Gasteiger partial charge >= 0.3 is 17.9 Å². The van der Waals surface area contributed by atoms with Crippen LogP contribution in [0.3, 0.4) is 0 Å². The van der Waals surface area contributed by atoms with Crippen LogP contribution in [0.5, 0.6) is 0 Å². The molecule has 1 unspecified atom stereocenters. The predicted molar refractivity (Wildman–Crippen MR) is 334 cm³/mol. The van der Waals surface area contributed by atoms with Gasteiger partial charge in [0.15, 0.2) is 6.10 Å². The van der Waals surface area contributed by atoms with E-state index in [-0.39, 0.29) is 31.1 Å². The van der Waals surface area contributed by atoms with Crippen molar-refractivity contribution in [1.29, 1.82) is 0 Å². The van der Waals surface area contributed by atoms with E-state index in [1.165, 1.54) is 103 Å². The molecule has 436 valence electrons. The number of unbranched alkanes of at least 4 members (excludes halogenated alkanes) is 23. The van der Waals surface area contributed by atoms with Gasteiger partial charge in [-0.1, -0.05) is 270 Å². The van der Waals surface area contributed by atoms with E-state index in [1.54, 1.807) is 0 Å². The summed E-state index contributed by atoms with van der Waals surface area (Å²) in [7, 11) is 0. The maximum atomic E-state index is 12.8. The van der Waals surface area contributed by atoms with E-state index < -0.39 is 6.10 Å².